The highest BCUT2D eigenvalue weighted by atomic mass is 16.2. The van der Waals surface area contributed by atoms with E-state index in [0.717, 1.165) is 35.2 Å². The number of carbonyl (C=O) groups is 1. The molecule has 0 aliphatic carbocycles. The molecule has 2 heterocycles. The highest BCUT2D eigenvalue weighted by Crippen LogP contribution is 2.27. The number of aromatic nitrogens is 1. The third kappa shape index (κ3) is 3.26. The lowest BCUT2D eigenvalue weighted by Crippen LogP contribution is -2.50. The van der Waals surface area contributed by atoms with E-state index in [2.05, 4.69) is 34.4 Å². The largest absolute Gasteiger partial charge is 0.322 e. The Balaban J connectivity index is 1.61. The summed E-state index contributed by atoms with van der Waals surface area (Å²) in [5.74, 6) is 0. The standard InChI is InChI=1S/C21H22N4O/c1-24-13-14-25(19(15-24)16-7-3-2-4-8-16)21(26)23-18-11-5-9-17-10-6-12-22-20(17)18/h2-12,19H,13-15H2,1H3,(H,23,26)/t19-/m1/s1. The molecule has 26 heavy (non-hydrogen) atoms. The van der Waals surface area contributed by atoms with Gasteiger partial charge in [0.05, 0.1) is 17.2 Å². The van der Waals surface area contributed by atoms with Crippen LogP contribution in [0.4, 0.5) is 10.5 Å². The second-order valence-corrected chi connectivity index (χ2v) is 6.69. The molecular formula is C21H22N4O. The van der Waals surface area contributed by atoms with Gasteiger partial charge >= 0.3 is 6.03 Å². The Morgan fingerprint density at radius 1 is 1.04 bits per heavy atom. The Labute approximate surface area is 153 Å². The SMILES string of the molecule is CN1CCN(C(=O)Nc2cccc3cccnc23)[C@@H](c2ccccc2)C1. The van der Waals surface area contributed by atoms with Gasteiger partial charge in [-0.2, -0.15) is 0 Å². The first-order valence-corrected chi connectivity index (χ1v) is 8.87. The molecule has 1 aromatic heterocycles. The highest BCUT2D eigenvalue weighted by Gasteiger charge is 2.30. The molecule has 1 aliphatic rings. The molecule has 0 saturated carbocycles. The van der Waals surface area contributed by atoms with Gasteiger partial charge in [0, 0.05) is 31.2 Å². The Morgan fingerprint density at radius 2 is 1.85 bits per heavy atom. The van der Waals surface area contributed by atoms with Gasteiger partial charge in [0.25, 0.3) is 0 Å². The van der Waals surface area contributed by atoms with E-state index in [1.807, 2.05) is 53.4 Å². The second-order valence-electron chi connectivity index (χ2n) is 6.69. The molecule has 5 heteroatoms. The zero-order valence-corrected chi connectivity index (χ0v) is 14.8. The van der Waals surface area contributed by atoms with Crippen LogP contribution in [0, 0.1) is 0 Å². The first-order chi connectivity index (χ1) is 12.7. The van der Waals surface area contributed by atoms with Crippen LogP contribution in [0.3, 0.4) is 0 Å². The smallest absolute Gasteiger partial charge is 0.315 e. The number of hydrogen-bond acceptors (Lipinski definition) is 3. The minimum Gasteiger partial charge on any atom is -0.315 e. The van der Waals surface area contributed by atoms with Crippen LogP contribution in [0.1, 0.15) is 11.6 Å². The number of likely N-dealkylation sites (N-methyl/N-ethyl adjacent to an activating group) is 1. The van der Waals surface area contributed by atoms with Crippen molar-refractivity contribution in [2.45, 2.75) is 6.04 Å². The van der Waals surface area contributed by atoms with Gasteiger partial charge in [-0.3, -0.25) is 4.98 Å². The number of fused-ring (bicyclic) bond motifs is 1. The third-order valence-corrected chi connectivity index (χ3v) is 4.90. The van der Waals surface area contributed by atoms with Crippen molar-refractivity contribution in [3.63, 3.8) is 0 Å². The monoisotopic (exact) mass is 346 g/mol. The number of nitrogens with zero attached hydrogens (tertiary/aromatic N) is 3. The molecule has 0 radical (unpaired) electrons. The van der Waals surface area contributed by atoms with Crippen molar-refractivity contribution in [1.82, 2.24) is 14.8 Å². The van der Waals surface area contributed by atoms with Crippen molar-refractivity contribution in [3.05, 3.63) is 72.4 Å². The first kappa shape index (κ1) is 16.5. The van der Waals surface area contributed by atoms with E-state index in [4.69, 9.17) is 0 Å². The van der Waals surface area contributed by atoms with Gasteiger partial charge in [-0.1, -0.05) is 48.5 Å². The molecule has 4 rings (SSSR count). The zero-order valence-electron chi connectivity index (χ0n) is 14.8. The number of piperazine rings is 1. The normalized spacial score (nSPS) is 18.0. The number of benzene rings is 2. The van der Waals surface area contributed by atoms with Crippen LogP contribution >= 0.6 is 0 Å². The average molecular weight is 346 g/mol. The van der Waals surface area contributed by atoms with Crippen LogP contribution < -0.4 is 5.32 Å². The molecule has 1 aliphatic heterocycles. The van der Waals surface area contributed by atoms with Gasteiger partial charge in [0.1, 0.15) is 0 Å². The Hall–Kier alpha value is -2.92. The fourth-order valence-corrected chi connectivity index (χ4v) is 3.52. The van der Waals surface area contributed by atoms with E-state index in [9.17, 15) is 4.79 Å². The summed E-state index contributed by atoms with van der Waals surface area (Å²) in [4.78, 5) is 21.7. The molecule has 132 valence electrons. The van der Waals surface area contributed by atoms with Crippen LogP contribution in [0.25, 0.3) is 10.9 Å². The fourth-order valence-electron chi connectivity index (χ4n) is 3.52. The van der Waals surface area contributed by atoms with Gasteiger partial charge in [-0.25, -0.2) is 4.79 Å². The quantitative estimate of drug-likeness (QED) is 0.769. The molecular weight excluding hydrogens is 324 g/mol. The van der Waals surface area contributed by atoms with Crippen molar-refractivity contribution in [2.24, 2.45) is 0 Å². The van der Waals surface area contributed by atoms with Gasteiger partial charge < -0.3 is 15.1 Å². The van der Waals surface area contributed by atoms with E-state index in [-0.39, 0.29) is 12.1 Å². The van der Waals surface area contributed by atoms with Crippen LogP contribution in [0.15, 0.2) is 66.9 Å². The maximum absolute atomic E-state index is 13.1. The van der Waals surface area contributed by atoms with Crippen molar-refractivity contribution in [2.75, 3.05) is 32.0 Å². The number of rotatable bonds is 2. The molecule has 2 amide bonds. The molecule has 0 unspecified atom stereocenters. The number of urea groups is 1. The molecule has 0 bridgehead atoms. The van der Waals surface area contributed by atoms with E-state index < -0.39 is 0 Å². The van der Waals surface area contributed by atoms with Crippen LogP contribution in [0.5, 0.6) is 0 Å². The number of nitrogens with one attached hydrogen (secondary N) is 1. The van der Waals surface area contributed by atoms with E-state index in [1.165, 1.54) is 0 Å². The van der Waals surface area contributed by atoms with E-state index in [1.54, 1.807) is 6.20 Å². The van der Waals surface area contributed by atoms with Crippen molar-refractivity contribution in [1.29, 1.82) is 0 Å². The lowest BCUT2D eigenvalue weighted by molar-refractivity contribution is 0.117. The molecule has 5 nitrogen and oxygen atoms in total. The third-order valence-electron chi connectivity index (χ3n) is 4.90. The minimum atomic E-state index is -0.0786. The summed E-state index contributed by atoms with van der Waals surface area (Å²) in [5.41, 5.74) is 2.72. The average Bonchev–Trinajstić information content (AvgIpc) is 2.69. The molecule has 1 saturated heterocycles. The number of para-hydroxylation sites is 1. The molecule has 1 atom stereocenters. The lowest BCUT2D eigenvalue weighted by Gasteiger charge is -2.40. The van der Waals surface area contributed by atoms with Crippen LogP contribution in [-0.4, -0.2) is 47.5 Å². The van der Waals surface area contributed by atoms with Gasteiger partial charge in [0.15, 0.2) is 0 Å². The topological polar surface area (TPSA) is 48.5 Å². The number of carbonyl (C=O) groups excluding carboxylic acids is 1. The predicted octanol–water partition coefficient (Wildman–Crippen LogP) is 3.76. The van der Waals surface area contributed by atoms with Crippen LogP contribution in [0.2, 0.25) is 0 Å². The minimum absolute atomic E-state index is 0.0397. The number of anilines is 1. The Bertz CT molecular complexity index is 907. The fraction of sp³-hybridized carbons (Fsp3) is 0.238. The lowest BCUT2D eigenvalue weighted by atomic mass is 10.0. The Kier molecular flexibility index (Phi) is 4.54. The van der Waals surface area contributed by atoms with Gasteiger partial charge in [-0.15, -0.1) is 0 Å². The summed E-state index contributed by atoms with van der Waals surface area (Å²) in [7, 11) is 2.10. The van der Waals surface area contributed by atoms with E-state index >= 15 is 0 Å². The zero-order chi connectivity index (χ0) is 17.9. The molecule has 2 aromatic carbocycles. The summed E-state index contributed by atoms with van der Waals surface area (Å²) in [5, 5.41) is 4.09. The molecule has 1 fully saturated rings. The number of amides is 2. The van der Waals surface area contributed by atoms with Crippen LogP contribution in [-0.2, 0) is 0 Å². The van der Waals surface area contributed by atoms with Gasteiger partial charge in [-0.05, 0) is 24.7 Å². The predicted molar refractivity (Wildman–Crippen MR) is 104 cm³/mol. The summed E-state index contributed by atoms with van der Waals surface area (Å²) >= 11 is 0. The highest BCUT2D eigenvalue weighted by molar-refractivity contribution is 5.99. The summed E-state index contributed by atoms with van der Waals surface area (Å²) < 4.78 is 0. The molecule has 3 aromatic rings. The van der Waals surface area contributed by atoms with Crippen molar-refractivity contribution < 1.29 is 4.79 Å². The summed E-state index contributed by atoms with van der Waals surface area (Å²) in [6, 6.07) is 19.9. The number of hydrogen-bond donors (Lipinski definition) is 1. The first-order valence-electron chi connectivity index (χ1n) is 8.87. The maximum Gasteiger partial charge on any atom is 0.322 e. The second kappa shape index (κ2) is 7.14. The van der Waals surface area contributed by atoms with Crippen molar-refractivity contribution >= 4 is 22.6 Å². The summed E-state index contributed by atoms with van der Waals surface area (Å²) in [6.07, 6.45) is 1.75. The maximum atomic E-state index is 13.1. The summed E-state index contributed by atoms with van der Waals surface area (Å²) in [6.45, 7) is 2.38. The molecule has 1 N–H and O–H groups in total. The van der Waals surface area contributed by atoms with E-state index in [0.29, 0.717) is 6.54 Å². The number of pyridine rings is 1. The van der Waals surface area contributed by atoms with Crippen molar-refractivity contribution in [3.8, 4) is 0 Å². The Morgan fingerprint density at radius 3 is 2.69 bits per heavy atom. The molecule has 0 spiro atoms. The van der Waals surface area contributed by atoms with Gasteiger partial charge in [0.2, 0.25) is 0 Å².